The van der Waals surface area contributed by atoms with Crippen LogP contribution in [-0.2, 0) is 4.79 Å². The van der Waals surface area contributed by atoms with Crippen LogP contribution in [0.25, 0.3) is 10.9 Å². The molecule has 0 spiro atoms. The maximum Gasteiger partial charge on any atom is 0.306 e. The fourth-order valence-corrected chi connectivity index (χ4v) is 1.96. The monoisotopic (exact) mass is 283 g/mol. The quantitative estimate of drug-likeness (QED) is 0.810. The molecule has 0 aliphatic heterocycles. The summed E-state index contributed by atoms with van der Waals surface area (Å²) in [6, 6.07) is 7.42. The Hall–Kier alpha value is -1.33. The summed E-state index contributed by atoms with van der Waals surface area (Å²) < 4.78 is 0.943. The molecule has 1 heterocycles. The van der Waals surface area contributed by atoms with Gasteiger partial charge in [0, 0.05) is 21.1 Å². The number of H-pyrrole nitrogens is 1. The smallest absolute Gasteiger partial charge is 0.306 e. The molecule has 4 nitrogen and oxygen atoms in total. The van der Waals surface area contributed by atoms with E-state index in [2.05, 4.69) is 20.9 Å². The lowest BCUT2D eigenvalue weighted by atomic mass is 10.2. The van der Waals surface area contributed by atoms with Crippen molar-refractivity contribution in [3.8, 4) is 0 Å². The Morgan fingerprint density at radius 3 is 2.88 bits per heavy atom. The predicted octanol–water partition coefficient (Wildman–Crippen LogP) is 2.44. The highest BCUT2D eigenvalue weighted by Gasteiger charge is 2.14. The number of nitrogens with one attached hydrogen (secondary N) is 1. The second kappa shape index (κ2) is 4.27. The van der Waals surface area contributed by atoms with Gasteiger partial charge in [0.1, 0.15) is 6.10 Å². The Labute approximate surface area is 100 Å². The van der Waals surface area contributed by atoms with Gasteiger partial charge in [0.05, 0.1) is 6.42 Å². The van der Waals surface area contributed by atoms with E-state index in [9.17, 15) is 9.90 Å². The van der Waals surface area contributed by atoms with Gasteiger partial charge in [-0.05, 0) is 24.3 Å². The third-order valence-corrected chi connectivity index (χ3v) is 2.82. The Morgan fingerprint density at radius 1 is 1.44 bits per heavy atom. The molecule has 84 valence electrons. The summed E-state index contributed by atoms with van der Waals surface area (Å²) in [6.45, 7) is 0. The van der Waals surface area contributed by atoms with Crippen LogP contribution < -0.4 is 0 Å². The van der Waals surface area contributed by atoms with Gasteiger partial charge in [0.25, 0.3) is 0 Å². The highest BCUT2D eigenvalue weighted by molar-refractivity contribution is 9.10. The Bertz CT molecular complexity index is 535. The first-order valence-corrected chi connectivity index (χ1v) is 5.53. The van der Waals surface area contributed by atoms with Gasteiger partial charge in [0.15, 0.2) is 0 Å². The van der Waals surface area contributed by atoms with Crippen LogP contribution in [-0.4, -0.2) is 21.2 Å². The van der Waals surface area contributed by atoms with Gasteiger partial charge >= 0.3 is 5.97 Å². The first kappa shape index (κ1) is 11.2. The van der Waals surface area contributed by atoms with Crippen LogP contribution >= 0.6 is 15.9 Å². The third-order valence-electron chi connectivity index (χ3n) is 2.33. The Balaban J connectivity index is 2.35. The highest BCUT2D eigenvalue weighted by atomic mass is 79.9. The highest BCUT2D eigenvalue weighted by Crippen LogP contribution is 2.24. The van der Waals surface area contributed by atoms with Crippen LogP contribution in [0, 0.1) is 0 Å². The van der Waals surface area contributed by atoms with Crippen LogP contribution in [0.5, 0.6) is 0 Å². The average molecular weight is 284 g/mol. The van der Waals surface area contributed by atoms with Crippen molar-refractivity contribution >= 4 is 32.8 Å². The first-order valence-electron chi connectivity index (χ1n) is 4.74. The maximum atomic E-state index is 10.5. The number of carboxylic acid groups (broad SMARTS) is 1. The molecule has 0 aliphatic carbocycles. The topological polar surface area (TPSA) is 73.3 Å². The molecule has 16 heavy (non-hydrogen) atoms. The van der Waals surface area contributed by atoms with Gasteiger partial charge in [-0.3, -0.25) is 4.79 Å². The number of halogens is 1. The molecule has 5 heteroatoms. The standard InChI is InChI=1S/C11H10BrNO3/c12-7-1-2-8-6(3-7)4-9(13-8)10(14)5-11(15)16/h1-4,10,13-14H,5H2,(H,15,16). The van der Waals surface area contributed by atoms with Crippen LogP contribution in [0.3, 0.4) is 0 Å². The van der Waals surface area contributed by atoms with E-state index in [1.165, 1.54) is 0 Å². The van der Waals surface area contributed by atoms with Crippen molar-refractivity contribution in [1.29, 1.82) is 0 Å². The summed E-state index contributed by atoms with van der Waals surface area (Å²) in [4.78, 5) is 13.5. The van der Waals surface area contributed by atoms with Gasteiger partial charge in [0.2, 0.25) is 0 Å². The lowest BCUT2D eigenvalue weighted by Crippen LogP contribution is -2.05. The number of hydrogen-bond donors (Lipinski definition) is 3. The second-order valence-corrected chi connectivity index (χ2v) is 4.49. The van der Waals surface area contributed by atoms with Crippen LogP contribution in [0.2, 0.25) is 0 Å². The van der Waals surface area contributed by atoms with E-state index < -0.39 is 12.1 Å². The molecule has 0 bridgehead atoms. The molecule has 1 aromatic heterocycles. The van der Waals surface area contributed by atoms with E-state index in [1.807, 2.05) is 18.2 Å². The number of aliphatic carboxylic acids is 1. The summed E-state index contributed by atoms with van der Waals surface area (Å²) in [5.41, 5.74) is 1.40. The molecule has 1 unspecified atom stereocenters. The molecular weight excluding hydrogens is 274 g/mol. The molecule has 1 aromatic carbocycles. The SMILES string of the molecule is O=C(O)CC(O)c1cc2cc(Br)ccc2[nH]1. The molecule has 0 radical (unpaired) electrons. The lowest BCUT2D eigenvalue weighted by Gasteiger charge is -2.03. The van der Waals surface area contributed by atoms with E-state index >= 15 is 0 Å². The van der Waals surface area contributed by atoms with Gasteiger partial charge < -0.3 is 15.2 Å². The lowest BCUT2D eigenvalue weighted by molar-refractivity contribution is -0.139. The van der Waals surface area contributed by atoms with Gasteiger partial charge in [-0.25, -0.2) is 0 Å². The average Bonchev–Trinajstić information content (AvgIpc) is 2.59. The third kappa shape index (κ3) is 2.25. The van der Waals surface area contributed by atoms with E-state index in [0.29, 0.717) is 5.69 Å². The van der Waals surface area contributed by atoms with Crippen molar-refractivity contribution in [3.63, 3.8) is 0 Å². The number of fused-ring (bicyclic) bond motifs is 1. The molecule has 2 aromatic rings. The van der Waals surface area contributed by atoms with Gasteiger partial charge in [-0.1, -0.05) is 15.9 Å². The van der Waals surface area contributed by atoms with E-state index in [0.717, 1.165) is 15.4 Å². The summed E-state index contributed by atoms with van der Waals surface area (Å²) >= 11 is 3.35. The van der Waals surface area contributed by atoms with Crippen molar-refractivity contribution in [1.82, 2.24) is 4.98 Å². The summed E-state index contributed by atoms with van der Waals surface area (Å²) in [6.07, 6.45) is -1.29. The molecule has 0 saturated heterocycles. The van der Waals surface area contributed by atoms with E-state index in [-0.39, 0.29) is 6.42 Å². The van der Waals surface area contributed by atoms with E-state index in [4.69, 9.17) is 5.11 Å². The molecule has 1 atom stereocenters. The van der Waals surface area contributed by atoms with Crippen molar-refractivity contribution in [3.05, 3.63) is 34.4 Å². The number of aliphatic hydroxyl groups excluding tert-OH is 1. The molecule has 0 saturated carbocycles. The molecule has 0 amide bonds. The fourth-order valence-electron chi connectivity index (χ4n) is 1.58. The Morgan fingerprint density at radius 2 is 2.19 bits per heavy atom. The zero-order valence-electron chi connectivity index (χ0n) is 8.27. The van der Waals surface area contributed by atoms with Crippen LogP contribution in [0.1, 0.15) is 18.2 Å². The minimum Gasteiger partial charge on any atom is -0.481 e. The van der Waals surface area contributed by atoms with Gasteiger partial charge in [-0.2, -0.15) is 0 Å². The number of aromatic nitrogens is 1. The molecular formula is C11H10BrNO3. The molecule has 0 aliphatic rings. The molecule has 2 rings (SSSR count). The Kier molecular flexibility index (Phi) is 2.98. The van der Waals surface area contributed by atoms with Gasteiger partial charge in [-0.15, -0.1) is 0 Å². The second-order valence-electron chi connectivity index (χ2n) is 3.57. The summed E-state index contributed by atoms with van der Waals surface area (Å²) in [5.74, 6) is -1.02. The van der Waals surface area contributed by atoms with Crippen LogP contribution in [0.4, 0.5) is 0 Å². The number of rotatable bonds is 3. The molecule has 3 N–H and O–H groups in total. The number of carboxylic acids is 1. The largest absolute Gasteiger partial charge is 0.481 e. The number of aliphatic hydroxyl groups is 1. The number of aromatic amines is 1. The first-order chi connectivity index (χ1) is 7.56. The number of benzene rings is 1. The minimum absolute atomic E-state index is 0.298. The van der Waals surface area contributed by atoms with Crippen molar-refractivity contribution in [2.45, 2.75) is 12.5 Å². The zero-order valence-corrected chi connectivity index (χ0v) is 9.86. The molecule has 0 fully saturated rings. The van der Waals surface area contributed by atoms with Crippen molar-refractivity contribution < 1.29 is 15.0 Å². The summed E-state index contributed by atoms with van der Waals surface area (Å²) in [7, 11) is 0. The minimum atomic E-state index is -1.02. The maximum absolute atomic E-state index is 10.5. The number of carbonyl (C=O) groups is 1. The zero-order chi connectivity index (χ0) is 11.7. The predicted molar refractivity (Wildman–Crippen MR) is 63.2 cm³/mol. The summed E-state index contributed by atoms with van der Waals surface area (Å²) in [5, 5.41) is 19.2. The number of hydrogen-bond acceptors (Lipinski definition) is 2. The van der Waals surface area contributed by atoms with Crippen molar-refractivity contribution in [2.24, 2.45) is 0 Å². The normalized spacial score (nSPS) is 12.9. The van der Waals surface area contributed by atoms with Crippen molar-refractivity contribution in [2.75, 3.05) is 0 Å². The van der Waals surface area contributed by atoms with E-state index in [1.54, 1.807) is 6.07 Å². The fraction of sp³-hybridized carbons (Fsp3) is 0.182. The van der Waals surface area contributed by atoms with Crippen LogP contribution in [0.15, 0.2) is 28.7 Å².